The number of anilines is 3. The third kappa shape index (κ3) is 4.46. The first kappa shape index (κ1) is 21.0. The fourth-order valence-electron chi connectivity index (χ4n) is 4.01. The number of amides is 3. The maximum atomic E-state index is 14.8. The molecule has 3 heterocycles. The van der Waals surface area contributed by atoms with Gasteiger partial charge in [-0.1, -0.05) is 6.07 Å². The second kappa shape index (κ2) is 8.89. The molecule has 0 bridgehead atoms. The number of hydrogen-bond acceptors (Lipinski definition) is 5. The number of methoxy groups -OCH3 is 1. The molecule has 0 radical (unpaired) electrons. The van der Waals surface area contributed by atoms with E-state index in [1.807, 2.05) is 11.8 Å². The van der Waals surface area contributed by atoms with E-state index in [1.165, 1.54) is 18.1 Å². The topological polar surface area (TPSA) is 86.8 Å². The van der Waals surface area contributed by atoms with Crippen LogP contribution in [0, 0.1) is 12.7 Å². The highest BCUT2D eigenvalue weighted by Crippen LogP contribution is 2.29. The SMILES string of the molecule is COCC(NC(=O)N1CC(=O)Nc2cc(C)cnc21)c1ccc(N2CCCC2)c(F)c1. The minimum absolute atomic E-state index is 0.155. The first-order valence-electron chi connectivity index (χ1n) is 10.3. The van der Waals surface area contributed by atoms with Crippen molar-refractivity contribution in [1.82, 2.24) is 10.3 Å². The summed E-state index contributed by atoms with van der Waals surface area (Å²) >= 11 is 0. The lowest BCUT2D eigenvalue weighted by Gasteiger charge is -2.30. The van der Waals surface area contributed by atoms with Gasteiger partial charge in [0, 0.05) is 26.4 Å². The second-order valence-corrected chi connectivity index (χ2v) is 7.88. The van der Waals surface area contributed by atoms with Crippen LogP contribution >= 0.6 is 0 Å². The summed E-state index contributed by atoms with van der Waals surface area (Å²) in [5.41, 5.74) is 2.52. The number of hydrogen-bond donors (Lipinski definition) is 2. The van der Waals surface area contributed by atoms with Gasteiger partial charge in [-0.25, -0.2) is 14.2 Å². The normalized spacial score (nSPS) is 16.7. The summed E-state index contributed by atoms with van der Waals surface area (Å²) < 4.78 is 20.1. The Balaban J connectivity index is 1.55. The number of carbonyl (C=O) groups is 2. The van der Waals surface area contributed by atoms with E-state index in [1.54, 1.807) is 24.4 Å². The summed E-state index contributed by atoms with van der Waals surface area (Å²) in [5.74, 6) is -0.261. The highest BCUT2D eigenvalue weighted by atomic mass is 19.1. The molecule has 0 saturated carbocycles. The molecule has 8 nitrogen and oxygen atoms in total. The fourth-order valence-corrected chi connectivity index (χ4v) is 4.01. The van der Waals surface area contributed by atoms with E-state index in [0.717, 1.165) is 31.5 Å². The highest BCUT2D eigenvalue weighted by molar-refractivity contribution is 6.08. The monoisotopic (exact) mass is 427 g/mol. The molecular weight excluding hydrogens is 401 g/mol. The van der Waals surface area contributed by atoms with Gasteiger partial charge in [-0.15, -0.1) is 0 Å². The van der Waals surface area contributed by atoms with E-state index >= 15 is 0 Å². The van der Waals surface area contributed by atoms with Gasteiger partial charge < -0.3 is 20.3 Å². The number of ether oxygens (including phenoxy) is 1. The minimum Gasteiger partial charge on any atom is -0.382 e. The van der Waals surface area contributed by atoms with Gasteiger partial charge in [0.05, 0.1) is 24.0 Å². The van der Waals surface area contributed by atoms with E-state index in [9.17, 15) is 14.0 Å². The van der Waals surface area contributed by atoms with Crippen LogP contribution in [0.1, 0.15) is 30.0 Å². The predicted octanol–water partition coefficient (Wildman–Crippen LogP) is 2.99. The summed E-state index contributed by atoms with van der Waals surface area (Å²) in [5, 5.41) is 5.59. The molecule has 1 aromatic carbocycles. The minimum atomic E-state index is -0.585. The van der Waals surface area contributed by atoms with Crippen molar-refractivity contribution in [2.75, 3.05) is 48.5 Å². The molecule has 1 unspecified atom stereocenters. The van der Waals surface area contributed by atoms with Crippen LogP contribution in [0.4, 0.5) is 26.4 Å². The van der Waals surface area contributed by atoms with Crippen LogP contribution in [0.5, 0.6) is 0 Å². The molecule has 164 valence electrons. The van der Waals surface area contributed by atoms with Gasteiger partial charge in [0.2, 0.25) is 5.91 Å². The third-order valence-electron chi connectivity index (χ3n) is 5.53. The molecule has 1 atom stereocenters. The molecule has 2 aliphatic heterocycles. The van der Waals surface area contributed by atoms with Gasteiger partial charge in [0.1, 0.15) is 12.4 Å². The van der Waals surface area contributed by atoms with Gasteiger partial charge in [-0.2, -0.15) is 0 Å². The lowest BCUT2D eigenvalue weighted by molar-refractivity contribution is -0.115. The van der Waals surface area contributed by atoms with Crippen molar-refractivity contribution in [3.05, 3.63) is 47.4 Å². The Morgan fingerprint density at radius 3 is 2.81 bits per heavy atom. The number of urea groups is 1. The number of aryl methyl sites for hydroxylation is 1. The predicted molar refractivity (Wildman–Crippen MR) is 116 cm³/mol. The van der Waals surface area contributed by atoms with E-state index in [-0.39, 0.29) is 24.9 Å². The Bertz CT molecular complexity index is 993. The van der Waals surface area contributed by atoms with Crippen molar-refractivity contribution >= 4 is 29.1 Å². The molecule has 2 aromatic rings. The van der Waals surface area contributed by atoms with Gasteiger partial charge in [0.15, 0.2) is 5.82 Å². The Labute approximate surface area is 180 Å². The fraction of sp³-hybridized carbons (Fsp3) is 0.409. The molecule has 31 heavy (non-hydrogen) atoms. The largest absolute Gasteiger partial charge is 0.382 e. The maximum Gasteiger partial charge on any atom is 0.324 e. The van der Waals surface area contributed by atoms with Gasteiger partial charge in [-0.05, 0) is 49.1 Å². The second-order valence-electron chi connectivity index (χ2n) is 7.88. The summed E-state index contributed by atoms with van der Waals surface area (Å²) in [6, 6.07) is 5.67. The Hall–Kier alpha value is -3.20. The number of pyridine rings is 1. The zero-order chi connectivity index (χ0) is 22.0. The number of halogens is 1. The molecule has 0 spiro atoms. The summed E-state index contributed by atoms with van der Waals surface area (Å²) in [4.78, 5) is 32.8. The Kier molecular flexibility index (Phi) is 6.03. The quantitative estimate of drug-likeness (QED) is 0.766. The number of nitrogens with zero attached hydrogens (tertiary/aromatic N) is 3. The standard InChI is InChI=1S/C22H26FN5O3/c1-14-9-17-21(24-11-14)28(12-20(29)25-17)22(30)26-18(13-31-2)15-5-6-19(16(23)10-15)27-7-3-4-8-27/h5-6,9-11,18H,3-4,7-8,12-13H2,1-2H3,(H,25,29)(H,26,30). The summed E-state index contributed by atoms with van der Waals surface area (Å²) in [6.45, 7) is 3.54. The van der Waals surface area contributed by atoms with E-state index in [2.05, 4.69) is 15.6 Å². The van der Waals surface area contributed by atoms with Crippen LogP contribution in [0.25, 0.3) is 0 Å². The average molecular weight is 427 g/mol. The molecule has 1 saturated heterocycles. The Morgan fingerprint density at radius 1 is 1.32 bits per heavy atom. The molecular formula is C22H26FN5O3. The van der Waals surface area contributed by atoms with Crippen molar-refractivity contribution in [2.24, 2.45) is 0 Å². The molecule has 1 aromatic heterocycles. The number of nitrogens with one attached hydrogen (secondary N) is 2. The maximum absolute atomic E-state index is 14.8. The molecule has 2 N–H and O–H groups in total. The number of carbonyl (C=O) groups excluding carboxylic acids is 2. The summed E-state index contributed by atoms with van der Waals surface area (Å²) in [6.07, 6.45) is 3.75. The molecule has 1 fully saturated rings. The number of fused-ring (bicyclic) bond motifs is 1. The van der Waals surface area contributed by atoms with E-state index in [4.69, 9.17) is 4.74 Å². The molecule has 4 rings (SSSR count). The molecule has 0 aliphatic carbocycles. The zero-order valence-electron chi connectivity index (χ0n) is 17.7. The lowest BCUT2D eigenvalue weighted by atomic mass is 10.1. The van der Waals surface area contributed by atoms with Crippen LogP contribution in [-0.4, -0.2) is 50.3 Å². The lowest BCUT2D eigenvalue weighted by Crippen LogP contribution is -2.49. The van der Waals surface area contributed by atoms with Gasteiger partial charge in [-0.3, -0.25) is 9.69 Å². The van der Waals surface area contributed by atoms with Crippen molar-refractivity contribution in [3.8, 4) is 0 Å². The van der Waals surface area contributed by atoms with Crippen LogP contribution < -0.4 is 20.4 Å². The molecule has 9 heteroatoms. The van der Waals surface area contributed by atoms with Crippen molar-refractivity contribution in [2.45, 2.75) is 25.8 Å². The van der Waals surface area contributed by atoms with E-state index in [0.29, 0.717) is 22.8 Å². The number of aromatic nitrogens is 1. The highest BCUT2D eigenvalue weighted by Gasteiger charge is 2.30. The van der Waals surface area contributed by atoms with Crippen LogP contribution in [0.15, 0.2) is 30.5 Å². The number of benzene rings is 1. The molecule has 2 aliphatic rings. The van der Waals surface area contributed by atoms with Gasteiger partial charge >= 0.3 is 6.03 Å². The van der Waals surface area contributed by atoms with E-state index < -0.39 is 12.1 Å². The first-order chi connectivity index (χ1) is 15.0. The van der Waals surface area contributed by atoms with Crippen LogP contribution in [0.3, 0.4) is 0 Å². The van der Waals surface area contributed by atoms with Crippen molar-refractivity contribution < 1.29 is 18.7 Å². The third-order valence-corrected chi connectivity index (χ3v) is 5.53. The van der Waals surface area contributed by atoms with Crippen LogP contribution in [0.2, 0.25) is 0 Å². The van der Waals surface area contributed by atoms with Crippen molar-refractivity contribution in [1.29, 1.82) is 0 Å². The number of rotatable bonds is 5. The Morgan fingerprint density at radius 2 is 2.10 bits per heavy atom. The molecule has 3 amide bonds. The zero-order valence-corrected chi connectivity index (χ0v) is 17.7. The first-order valence-corrected chi connectivity index (χ1v) is 10.3. The van der Waals surface area contributed by atoms with Crippen LogP contribution in [-0.2, 0) is 9.53 Å². The smallest absolute Gasteiger partial charge is 0.324 e. The average Bonchev–Trinajstić information content (AvgIpc) is 3.27. The van der Waals surface area contributed by atoms with Crippen molar-refractivity contribution in [3.63, 3.8) is 0 Å². The van der Waals surface area contributed by atoms with Gasteiger partial charge in [0.25, 0.3) is 0 Å². The summed E-state index contributed by atoms with van der Waals surface area (Å²) in [7, 11) is 1.52.